The van der Waals surface area contributed by atoms with Crippen molar-refractivity contribution in [1.29, 1.82) is 0 Å². The molecule has 0 saturated carbocycles. The number of nitrogens with zero attached hydrogens (tertiary/aromatic N) is 4. The van der Waals surface area contributed by atoms with E-state index in [1.54, 1.807) is 13.3 Å². The van der Waals surface area contributed by atoms with Crippen molar-refractivity contribution in [2.45, 2.75) is 38.4 Å². The van der Waals surface area contributed by atoms with Gasteiger partial charge in [-0.1, -0.05) is 6.07 Å². The van der Waals surface area contributed by atoms with E-state index in [0.717, 1.165) is 49.3 Å². The fourth-order valence-corrected chi connectivity index (χ4v) is 4.05. The number of fused-ring (bicyclic) bond motifs is 1. The van der Waals surface area contributed by atoms with Gasteiger partial charge in [-0.05, 0) is 51.2 Å². The number of carbonyl (C=O) groups is 1. The molecule has 2 aliphatic rings. The van der Waals surface area contributed by atoms with Crippen LogP contribution in [0.3, 0.4) is 0 Å². The van der Waals surface area contributed by atoms with Crippen LogP contribution in [0.5, 0.6) is 5.88 Å². The van der Waals surface area contributed by atoms with Crippen molar-refractivity contribution in [2.75, 3.05) is 33.8 Å². The minimum atomic E-state index is 0.0478. The first-order chi connectivity index (χ1) is 14.1. The molecule has 154 valence electrons. The van der Waals surface area contributed by atoms with Gasteiger partial charge in [-0.3, -0.25) is 9.78 Å². The monoisotopic (exact) mass is 395 g/mol. The lowest BCUT2D eigenvalue weighted by atomic mass is 10.0. The molecule has 0 atom stereocenters. The maximum Gasteiger partial charge on any atom is 0.256 e. The third-order valence-corrected chi connectivity index (χ3v) is 5.86. The topological polar surface area (TPSA) is 70.6 Å². The largest absolute Gasteiger partial charge is 0.481 e. The number of hydrogen-bond donors (Lipinski definition) is 1. The number of nitrogens with one attached hydrogen (secondary N) is 1. The summed E-state index contributed by atoms with van der Waals surface area (Å²) >= 11 is 0. The number of amides is 1. The van der Waals surface area contributed by atoms with Crippen molar-refractivity contribution in [3.63, 3.8) is 0 Å². The molecule has 0 aromatic carbocycles. The second-order valence-corrected chi connectivity index (χ2v) is 7.91. The molecule has 1 saturated heterocycles. The number of ether oxygens (including phenoxy) is 1. The van der Waals surface area contributed by atoms with Gasteiger partial charge in [0.1, 0.15) is 0 Å². The molecule has 2 aromatic heterocycles. The number of aromatic nitrogens is 2. The highest BCUT2D eigenvalue weighted by molar-refractivity contribution is 5.98. The van der Waals surface area contributed by atoms with Crippen molar-refractivity contribution in [2.24, 2.45) is 0 Å². The normalized spacial score (nSPS) is 17.6. The molecule has 29 heavy (non-hydrogen) atoms. The van der Waals surface area contributed by atoms with Gasteiger partial charge in [0.25, 0.3) is 5.91 Å². The van der Waals surface area contributed by atoms with Crippen LogP contribution in [0.4, 0.5) is 0 Å². The number of rotatable bonds is 7. The Morgan fingerprint density at radius 3 is 2.83 bits per heavy atom. The molecular weight excluding hydrogens is 366 g/mol. The number of piperidine rings is 1. The SMILES string of the molecule is COc1nc2c(cc1CNC1CCN(C)CC1)C(=O)N(CCc1ccccn1)C2. The van der Waals surface area contributed by atoms with Gasteiger partial charge in [0, 0.05) is 43.0 Å². The molecule has 1 amide bonds. The number of methoxy groups -OCH3 is 1. The second-order valence-electron chi connectivity index (χ2n) is 7.91. The molecular formula is C22H29N5O2. The van der Waals surface area contributed by atoms with Gasteiger partial charge < -0.3 is 19.9 Å². The van der Waals surface area contributed by atoms with Crippen molar-refractivity contribution in [1.82, 2.24) is 25.1 Å². The van der Waals surface area contributed by atoms with Crippen LogP contribution in [-0.4, -0.2) is 65.5 Å². The predicted molar refractivity (Wildman–Crippen MR) is 111 cm³/mol. The minimum Gasteiger partial charge on any atom is -0.481 e. The lowest BCUT2D eigenvalue weighted by Gasteiger charge is -2.29. The lowest BCUT2D eigenvalue weighted by molar-refractivity contribution is 0.0779. The molecule has 4 rings (SSSR count). The van der Waals surface area contributed by atoms with Gasteiger partial charge in [0.2, 0.25) is 5.88 Å². The molecule has 2 aromatic rings. The van der Waals surface area contributed by atoms with Gasteiger partial charge in [-0.15, -0.1) is 0 Å². The summed E-state index contributed by atoms with van der Waals surface area (Å²) in [6.45, 7) is 4.05. The quantitative estimate of drug-likeness (QED) is 0.772. The highest BCUT2D eigenvalue weighted by atomic mass is 16.5. The Morgan fingerprint density at radius 2 is 2.10 bits per heavy atom. The smallest absolute Gasteiger partial charge is 0.256 e. The van der Waals surface area contributed by atoms with Crippen LogP contribution >= 0.6 is 0 Å². The van der Waals surface area contributed by atoms with Gasteiger partial charge in [-0.2, -0.15) is 0 Å². The Balaban J connectivity index is 1.42. The Kier molecular flexibility index (Phi) is 6.06. The zero-order chi connectivity index (χ0) is 20.2. The first-order valence-corrected chi connectivity index (χ1v) is 10.3. The van der Waals surface area contributed by atoms with E-state index >= 15 is 0 Å². The molecule has 7 heteroatoms. The van der Waals surface area contributed by atoms with Crippen LogP contribution in [0.1, 0.15) is 40.2 Å². The van der Waals surface area contributed by atoms with Crippen molar-refractivity contribution >= 4 is 5.91 Å². The molecule has 0 bridgehead atoms. The third kappa shape index (κ3) is 4.57. The van der Waals surface area contributed by atoms with Gasteiger partial charge >= 0.3 is 0 Å². The van der Waals surface area contributed by atoms with Gasteiger partial charge in [-0.25, -0.2) is 4.98 Å². The molecule has 1 fully saturated rings. The zero-order valence-corrected chi connectivity index (χ0v) is 17.2. The van der Waals surface area contributed by atoms with E-state index in [1.165, 1.54) is 0 Å². The van der Waals surface area contributed by atoms with E-state index in [9.17, 15) is 4.79 Å². The third-order valence-electron chi connectivity index (χ3n) is 5.86. The molecule has 4 heterocycles. The summed E-state index contributed by atoms with van der Waals surface area (Å²) in [4.78, 5) is 26.1. The van der Waals surface area contributed by atoms with Crippen molar-refractivity contribution < 1.29 is 9.53 Å². The summed E-state index contributed by atoms with van der Waals surface area (Å²) < 4.78 is 5.53. The van der Waals surface area contributed by atoms with Crippen LogP contribution < -0.4 is 10.1 Å². The second kappa shape index (κ2) is 8.88. The van der Waals surface area contributed by atoms with Crippen molar-refractivity contribution in [3.8, 4) is 5.88 Å². The van der Waals surface area contributed by atoms with E-state index in [4.69, 9.17) is 4.74 Å². The highest BCUT2D eigenvalue weighted by Crippen LogP contribution is 2.27. The maximum absolute atomic E-state index is 12.9. The fraction of sp³-hybridized carbons (Fsp3) is 0.500. The van der Waals surface area contributed by atoms with Crippen LogP contribution in [0, 0.1) is 0 Å². The molecule has 0 aliphatic carbocycles. The summed E-state index contributed by atoms with van der Waals surface area (Å²) in [5, 5.41) is 3.62. The maximum atomic E-state index is 12.9. The van der Waals surface area contributed by atoms with Crippen LogP contribution in [0.15, 0.2) is 30.5 Å². The number of pyridine rings is 2. The molecule has 1 N–H and O–H groups in total. The summed E-state index contributed by atoms with van der Waals surface area (Å²) in [7, 11) is 3.80. The molecule has 7 nitrogen and oxygen atoms in total. The summed E-state index contributed by atoms with van der Waals surface area (Å²) in [5.74, 6) is 0.662. The highest BCUT2D eigenvalue weighted by Gasteiger charge is 2.30. The summed E-state index contributed by atoms with van der Waals surface area (Å²) in [5.41, 5.74) is 3.44. The Hall–Kier alpha value is -2.51. The van der Waals surface area contributed by atoms with Crippen LogP contribution in [0.2, 0.25) is 0 Å². The molecule has 0 radical (unpaired) electrons. The number of likely N-dealkylation sites (tertiary alicyclic amines) is 1. The summed E-state index contributed by atoms with van der Waals surface area (Å²) in [6.07, 6.45) is 4.79. The fourth-order valence-electron chi connectivity index (χ4n) is 4.05. The van der Waals surface area contributed by atoms with Crippen LogP contribution in [-0.2, 0) is 19.5 Å². The Bertz CT molecular complexity index is 850. The van der Waals surface area contributed by atoms with E-state index in [1.807, 2.05) is 29.2 Å². The average molecular weight is 396 g/mol. The Labute approximate surface area is 172 Å². The molecule has 2 aliphatic heterocycles. The van der Waals surface area contributed by atoms with E-state index in [2.05, 4.69) is 27.2 Å². The van der Waals surface area contributed by atoms with E-state index in [0.29, 0.717) is 37.1 Å². The van der Waals surface area contributed by atoms with Gasteiger partial charge in [0.15, 0.2) is 0 Å². The Morgan fingerprint density at radius 1 is 1.28 bits per heavy atom. The van der Waals surface area contributed by atoms with Crippen LogP contribution in [0.25, 0.3) is 0 Å². The molecule has 0 spiro atoms. The molecule has 0 unspecified atom stereocenters. The lowest BCUT2D eigenvalue weighted by Crippen LogP contribution is -2.40. The van der Waals surface area contributed by atoms with Gasteiger partial charge in [0.05, 0.1) is 24.9 Å². The average Bonchev–Trinajstić information content (AvgIpc) is 3.06. The summed E-state index contributed by atoms with van der Waals surface area (Å²) in [6, 6.07) is 8.32. The van der Waals surface area contributed by atoms with E-state index in [-0.39, 0.29) is 5.91 Å². The predicted octanol–water partition coefficient (Wildman–Crippen LogP) is 1.87. The first kappa shape index (κ1) is 19.8. The number of carbonyl (C=O) groups excluding carboxylic acids is 1. The standard InChI is InChI=1S/C22H29N5O2/c1-26-10-6-18(7-11-26)24-14-16-13-19-20(25-21(16)29-2)15-27(22(19)28)12-8-17-5-3-4-9-23-17/h3-5,9,13,18,24H,6-8,10-12,14-15H2,1-2H3. The minimum absolute atomic E-state index is 0.0478. The zero-order valence-electron chi connectivity index (χ0n) is 17.2. The number of hydrogen-bond acceptors (Lipinski definition) is 6. The van der Waals surface area contributed by atoms with E-state index < -0.39 is 0 Å². The first-order valence-electron chi connectivity index (χ1n) is 10.3. The van der Waals surface area contributed by atoms with Crippen molar-refractivity contribution in [3.05, 3.63) is 53.0 Å².